The monoisotopic (exact) mass is 442 g/mol. The second-order valence-electron chi connectivity index (χ2n) is 10.1. The van der Waals surface area contributed by atoms with E-state index in [9.17, 15) is 9.59 Å². The van der Waals surface area contributed by atoms with Crippen molar-refractivity contribution < 1.29 is 9.59 Å². The molecule has 4 aliphatic rings. The molecule has 6 rings (SSSR count). The number of amides is 2. The third-order valence-electron chi connectivity index (χ3n) is 7.72. The third kappa shape index (κ3) is 3.75. The van der Waals surface area contributed by atoms with E-state index in [0.29, 0.717) is 18.4 Å². The van der Waals surface area contributed by atoms with Gasteiger partial charge in [0.2, 0.25) is 5.91 Å². The van der Waals surface area contributed by atoms with Gasteiger partial charge in [0.1, 0.15) is 11.4 Å². The van der Waals surface area contributed by atoms with Gasteiger partial charge in [-0.2, -0.15) is 0 Å². The van der Waals surface area contributed by atoms with Crippen molar-refractivity contribution in [1.29, 1.82) is 0 Å². The molecule has 170 valence electrons. The first-order valence-electron chi connectivity index (χ1n) is 12.4. The third-order valence-corrected chi connectivity index (χ3v) is 7.72. The lowest BCUT2D eigenvalue weighted by atomic mass is 9.97. The lowest BCUT2D eigenvalue weighted by Crippen LogP contribution is -2.44. The molecule has 1 aromatic carbocycles. The molecule has 3 fully saturated rings. The number of aliphatic imine (C=N–C) groups is 1. The predicted molar refractivity (Wildman–Crippen MR) is 127 cm³/mol. The fraction of sp³-hybridized carbons (Fsp3) is 0.481. The molecular formula is C27H30N4O2. The Labute approximate surface area is 194 Å². The zero-order chi connectivity index (χ0) is 22.4. The molecule has 33 heavy (non-hydrogen) atoms. The summed E-state index contributed by atoms with van der Waals surface area (Å²) in [6.45, 7) is 2.23. The molecule has 2 saturated carbocycles. The number of benzene rings is 1. The Morgan fingerprint density at radius 1 is 1.00 bits per heavy atom. The van der Waals surface area contributed by atoms with E-state index >= 15 is 0 Å². The summed E-state index contributed by atoms with van der Waals surface area (Å²) in [5.41, 5.74) is 2.40. The van der Waals surface area contributed by atoms with E-state index in [0.717, 1.165) is 80.7 Å². The number of hydrogen-bond acceptors (Lipinski definition) is 4. The van der Waals surface area contributed by atoms with Crippen molar-refractivity contribution in [2.75, 3.05) is 19.6 Å². The quantitative estimate of drug-likeness (QED) is 0.705. The number of carbonyl (C=O) groups is 2. The smallest absolute Gasteiger partial charge is 0.256 e. The second-order valence-corrected chi connectivity index (χ2v) is 10.1. The van der Waals surface area contributed by atoms with Gasteiger partial charge in [0, 0.05) is 42.9 Å². The Morgan fingerprint density at radius 3 is 2.45 bits per heavy atom. The van der Waals surface area contributed by atoms with Crippen molar-refractivity contribution in [3.8, 4) is 11.3 Å². The summed E-state index contributed by atoms with van der Waals surface area (Å²) < 4.78 is 0. The van der Waals surface area contributed by atoms with E-state index in [1.165, 1.54) is 0 Å². The van der Waals surface area contributed by atoms with Crippen LogP contribution in [0, 0.1) is 11.8 Å². The summed E-state index contributed by atoms with van der Waals surface area (Å²) in [5, 5.41) is 0. The molecule has 0 bridgehead atoms. The maximum absolute atomic E-state index is 13.6. The zero-order valence-electron chi connectivity index (χ0n) is 18.9. The zero-order valence-corrected chi connectivity index (χ0v) is 18.9. The molecule has 1 saturated heterocycles. The molecular weight excluding hydrogens is 412 g/mol. The summed E-state index contributed by atoms with van der Waals surface area (Å²) in [4.78, 5) is 39.6. The predicted octanol–water partition coefficient (Wildman–Crippen LogP) is 3.91. The molecule has 1 aromatic heterocycles. The molecule has 0 N–H and O–H groups in total. The van der Waals surface area contributed by atoms with Crippen molar-refractivity contribution in [2.45, 2.75) is 50.5 Å². The van der Waals surface area contributed by atoms with Crippen molar-refractivity contribution in [2.24, 2.45) is 16.8 Å². The minimum Gasteiger partial charge on any atom is -0.342 e. The molecule has 6 nitrogen and oxygen atoms in total. The molecule has 0 radical (unpaired) electrons. The summed E-state index contributed by atoms with van der Waals surface area (Å²) in [7, 11) is 0. The van der Waals surface area contributed by atoms with Crippen LogP contribution in [-0.4, -0.2) is 57.6 Å². The summed E-state index contributed by atoms with van der Waals surface area (Å²) in [6.07, 6.45) is 8.64. The Bertz CT molecular complexity index is 1080. The van der Waals surface area contributed by atoms with E-state index in [-0.39, 0.29) is 11.8 Å². The van der Waals surface area contributed by atoms with Gasteiger partial charge >= 0.3 is 0 Å². The minimum atomic E-state index is -0.572. The van der Waals surface area contributed by atoms with Crippen LogP contribution in [0.25, 0.3) is 11.3 Å². The highest BCUT2D eigenvalue weighted by atomic mass is 16.2. The van der Waals surface area contributed by atoms with Crippen LogP contribution in [0.5, 0.6) is 0 Å². The van der Waals surface area contributed by atoms with Gasteiger partial charge in [0.15, 0.2) is 0 Å². The van der Waals surface area contributed by atoms with Gasteiger partial charge < -0.3 is 4.90 Å². The average molecular weight is 443 g/mol. The fourth-order valence-corrected chi connectivity index (χ4v) is 5.69. The van der Waals surface area contributed by atoms with Crippen molar-refractivity contribution in [1.82, 2.24) is 14.8 Å². The number of amidine groups is 1. The first-order valence-corrected chi connectivity index (χ1v) is 12.4. The van der Waals surface area contributed by atoms with Crippen LogP contribution in [0.1, 0.15) is 50.5 Å². The molecule has 6 heteroatoms. The van der Waals surface area contributed by atoms with Crippen molar-refractivity contribution in [3.63, 3.8) is 0 Å². The first-order chi connectivity index (χ1) is 16.1. The van der Waals surface area contributed by atoms with E-state index < -0.39 is 5.54 Å². The number of nitrogens with zero attached hydrogens (tertiary/aromatic N) is 4. The second kappa shape index (κ2) is 8.08. The van der Waals surface area contributed by atoms with E-state index in [2.05, 4.69) is 29.2 Å². The normalized spacial score (nSPS) is 24.1. The Hall–Kier alpha value is -3.02. The maximum atomic E-state index is 13.6. The Kier molecular flexibility index (Phi) is 5.04. The summed E-state index contributed by atoms with van der Waals surface area (Å²) in [5.74, 6) is 1.86. The van der Waals surface area contributed by atoms with Gasteiger partial charge in [0.25, 0.3) is 5.91 Å². The van der Waals surface area contributed by atoms with E-state index in [4.69, 9.17) is 4.99 Å². The van der Waals surface area contributed by atoms with Gasteiger partial charge in [-0.05, 0) is 50.2 Å². The number of hydrogen-bond donors (Lipinski definition) is 0. The van der Waals surface area contributed by atoms with Crippen LogP contribution in [0.3, 0.4) is 0 Å². The van der Waals surface area contributed by atoms with Gasteiger partial charge in [-0.25, -0.2) is 0 Å². The van der Waals surface area contributed by atoms with Crippen LogP contribution in [0.2, 0.25) is 0 Å². The molecule has 2 aliphatic heterocycles. The molecule has 2 amide bonds. The van der Waals surface area contributed by atoms with Crippen LogP contribution in [0.15, 0.2) is 53.7 Å². The topological polar surface area (TPSA) is 65.9 Å². The number of rotatable bonds is 5. The number of aromatic nitrogens is 1. The lowest BCUT2D eigenvalue weighted by molar-refractivity contribution is -0.131. The van der Waals surface area contributed by atoms with E-state index in [1.54, 1.807) is 6.20 Å². The van der Waals surface area contributed by atoms with E-state index in [1.807, 2.05) is 28.0 Å². The SMILES string of the molecule is O=C(C1CC1)N1CC[C@@H](CN2C(=O)C3(CCCC3)N=C2c2ccc(-c3ccccn3)cc2)C1. The highest BCUT2D eigenvalue weighted by Crippen LogP contribution is 2.41. The fourth-order valence-electron chi connectivity index (χ4n) is 5.69. The van der Waals surface area contributed by atoms with Crippen LogP contribution >= 0.6 is 0 Å². The minimum absolute atomic E-state index is 0.163. The standard InChI is InChI=1S/C27H30N4O2/c32-25(22-10-11-22)30-16-12-19(17-30)18-31-24(29-27(26(31)33)13-2-3-14-27)21-8-6-20(7-9-21)23-5-1-4-15-28-23/h1,4-9,15,19,22H,2-3,10-14,16-18H2/t19-/m1/s1. The van der Waals surface area contributed by atoms with Gasteiger partial charge in [0.05, 0.1) is 5.69 Å². The van der Waals surface area contributed by atoms with Gasteiger partial charge in [-0.1, -0.05) is 43.2 Å². The van der Waals surface area contributed by atoms with Crippen LogP contribution in [-0.2, 0) is 9.59 Å². The Balaban J connectivity index is 1.25. The number of carbonyl (C=O) groups excluding carboxylic acids is 2. The number of pyridine rings is 1. The van der Waals surface area contributed by atoms with Crippen molar-refractivity contribution >= 4 is 17.6 Å². The maximum Gasteiger partial charge on any atom is 0.256 e. The summed E-state index contributed by atoms with van der Waals surface area (Å²) in [6, 6.07) is 14.2. The largest absolute Gasteiger partial charge is 0.342 e. The van der Waals surface area contributed by atoms with Gasteiger partial charge in [-0.3, -0.25) is 24.5 Å². The highest BCUT2D eigenvalue weighted by Gasteiger charge is 2.50. The lowest BCUT2D eigenvalue weighted by Gasteiger charge is -2.25. The van der Waals surface area contributed by atoms with Crippen LogP contribution in [0.4, 0.5) is 0 Å². The molecule has 2 aliphatic carbocycles. The molecule has 3 heterocycles. The molecule has 1 atom stereocenters. The first kappa shape index (κ1) is 20.6. The molecule has 1 spiro atoms. The van der Waals surface area contributed by atoms with Crippen LogP contribution < -0.4 is 0 Å². The number of likely N-dealkylation sites (tertiary alicyclic amines) is 1. The molecule has 0 unspecified atom stereocenters. The van der Waals surface area contributed by atoms with Crippen molar-refractivity contribution in [3.05, 3.63) is 54.2 Å². The Morgan fingerprint density at radius 2 is 1.76 bits per heavy atom. The molecule has 2 aromatic rings. The highest BCUT2D eigenvalue weighted by molar-refractivity contribution is 6.15. The van der Waals surface area contributed by atoms with Gasteiger partial charge in [-0.15, -0.1) is 0 Å². The summed E-state index contributed by atoms with van der Waals surface area (Å²) >= 11 is 0. The average Bonchev–Trinajstić information content (AvgIpc) is 3.31.